The van der Waals surface area contributed by atoms with Crippen molar-refractivity contribution in [2.75, 3.05) is 0 Å². The van der Waals surface area contributed by atoms with Gasteiger partial charge in [0.25, 0.3) is 0 Å². The molecule has 0 aliphatic rings. The van der Waals surface area contributed by atoms with Crippen LogP contribution in [0, 0.1) is 0 Å². The Morgan fingerprint density at radius 1 is 0.259 bits per heavy atom. The van der Waals surface area contributed by atoms with Crippen LogP contribution >= 0.6 is 15.8 Å². The molecular weight excluding hydrogens is 838 g/mol. The largest absolute Gasteiger partial charge is 1.00 e. The molecule has 0 amide bonds. The van der Waals surface area contributed by atoms with E-state index in [9.17, 15) is 0 Å². The van der Waals surface area contributed by atoms with E-state index in [1.165, 1.54) is 31.8 Å². The molecule has 0 spiro atoms. The number of hydrogen-bond donors (Lipinski definition) is 0. The Labute approximate surface area is 353 Å². The van der Waals surface area contributed by atoms with Crippen molar-refractivity contribution in [2.24, 2.45) is 0 Å². The van der Waals surface area contributed by atoms with E-state index in [1.54, 1.807) is 36.9 Å². The first-order valence-electron chi connectivity index (χ1n) is 16.5. The SMILES string of the molecule is [Cu+].[Cu+].[S-]c1ncccn1.[S-]c1ncccn1.c1ccc(P(c2ccccc2)c2ccccc2)cc1.c1ccc(P(c2ccccc2)c2ccccc2)cc1. The summed E-state index contributed by atoms with van der Waals surface area (Å²) in [7, 11) is -0.892. The maximum atomic E-state index is 4.59. The first kappa shape index (κ1) is 44.2. The van der Waals surface area contributed by atoms with Gasteiger partial charge in [0.05, 0.1) is 0 Å². The third-order valence-electron chi connectivity index (χ3n) is 7.17. The molecule has 2 aromatic heterocycles. The van der Waals surface area contributed by atoms with Crippen LogP contribution in [-0.4, -0.2) is 19.9 Å². The topological polar surface area (TPSA) is 51.6 Å². The molecule has 276 valence electrons. The Hall–Kier alpha value is -4.18. The molecule has 0 N–H and O–H groups in total. The van der Waals surface area contributed by atoms with E-state index in [4.69, 9.17) is 0 Å². The molecule has 0 radical (unpaired) electrons. The van der Waals surface area contributed by atoms with Crippen LogP contribution in [0.25, 0.3) is 0 Å². The van der Waals surface area contributed by atoms with Crippen molar-refractivity contribution in [2.45, 2.75) is 10.3 Å². The summed E-state index contributed by atoms with van der Waals surface area (Å²) in [5, 5.41) is 9.20. The third-order valence-corrected chi connectivity index (χ3v) is 12.5. The van der Waals surface area contributed by atoms with Gasteiger partial charge < -0.3 is 25.3 Å². The molecule has 0 bridgehead atoms. The maximum Gasteiger partial charge on any atom is 1.00 e. The zero-order valence-corrected chi connectivity index (χ0v) is 34.2. The number of benzene rings is 6. The fourth-order valence-electron chi connectivity index (χ4n) is 4.93. The number of aromatic nitrogens is 4. The van der Waals surface area contributed by atoms with E-state index in [-0.39, 0.29) is 34.1 Å². The van der Waals surface area contributed by atoms with Gasteiger partial charge in [0, 0.05) is 35.1 Å². The predicted molar refractivity (Wildman–Crippen MR) is 226 cm³/mol. The Bertz CT molecular complexity index is 1760. The summed E-state index contributed by atoms with van der Waals surface area (Å²) >= 11 is 9.18. The third kappa shape index (κ3) is 14.9. The molecular formula is C44H36Cu2N4P2S2. The minimum atomic E-state index is -0.446. The van der Waals surface area contributed by atoms with Gasteiger partial charge in [-0.1, -0.05) is 182 Å². The van der Waals surface area contributed by atoms with Crippen molar-refractivity contribution in [1.29, 1.82) is 0 Å². The van der Waals surface area contributed by atoms with Gasteiger partial charge in [0.2, 0.25) is 0 Å². The molecule has 0 aliphatic heterocycles. The molecule has 2 heterocycles. The molecule has 0 fully saturated rings. The molecule has 6 aromatic carbocycles. The normalized spacial score (nSPS) is 9.67. The minimum Gasteiger partial charge on any atom is -0.740 e. The molecule has 0 unspecified atom stereocenters. The summed E-state index contributed by atoms with van der Waals surface area (Å²) in [4.78, 5) is 14.7. The Morgan fingerprint density at radius 3 is 0.556 bits per heavy atom. The van der Waals surface area contributed by atoms with Crippen LogP contribution < -0.4 is 31.8 Å². The van der Waals surface area contributed by atoms with Gasteiger partial charge in [-0.25, -0.2) is 0 Å². The van der Waals surface area contributed by atoms with Crippen molar-refractivity contribution in [1.82, 2.24) is 19.9 Å². The number of nitrogens with zero attached hydrogens (tertiary/aromatic N) is 4. The Morgan fingerprint density at radius 2 is 0.426 bits per heavy atom. The summed E-state index contributed by atoms with van der Waals surface area (Å²) in [6, 6.07) is 68.1. The first-order valence-corrected chi connectivity index (χ1v) is 20.0. The van der Waals surface area contributed by atoms with Crippen LogP contribution in [0.15, 0.2) is 229 Å². The Kier molecular flexibility index (Phi) is 21.1. The fraction of sp³-hybridized carbons (Fsp3) is 0. The molecule has 54 heavy (non-hydrogen) atoms. The zero-order valence-electron chi connectivity index (χ0n) is 28.9. The number of rotatable bonds is 6. The molecule has 8 aromatic rings. The molecule has 10 heteroatoms. The second-order valence-electron chi connectivity index (χ2n) is 10.7. The van der Waals surface area contributed by atoms with E-state index in [2.05, 4.69) is 227 Å². The quantitative estimate of drug-likeness (QED) is 0.0742. The van der Waals surface area contributed by atoms with E-state index in [0.717, 1.165) is 0 Å². The van der Waals surface area contributed by atoms with Crippen LogP contribution in [0.3, 0.4) is 0 Å². The van der Waals surface area contributed by atoms with Gasteiger partial charge in [0.1, 0.15) is 0 Å². The second-order valence-corrected chi connectivity index (χ2v) is 15.9. The van der Waals surface area contributed by atoms with Crippen LogP contribution in [-0.2, 0) is 59.4 Å². The fourth-order valence-corrected chi connectivity index (χ4v) is 9.78. The van der Waals surface area contributed by atoms with Crippen molar-refractivity contribution in [3.8, 4) is 0 Å². The van der Waals surface area contributed by atoms with E-state index < -0.39 is 15.8 Å². The molecule has 0 saturated heterocycles. The van der Waals surface area contributed by atoms with E-state index >= 15 is 0 Å². The summed E-state index contributed by atoms with van der Waals surface area (Å²) in [6.45, 7) is 0. The van der Waals surface area contributed by atoms with E-state index in [0.29, 0.717) is 10.3 Å². The van der Waals surface area contributed by atoms with Gasteiger partial charge in [-0.3, -0.25) is 19.9 Å². The van der Waals surface area contributed by atoms with E-state index in [1.807, 2.05) is 0 Å². The zero-order chi connectivity index (χ0) is 36.1. The number of hydrogen-bond acceptors (Lipinski definition) is 6. The van der Waals surface area contributed by atoms with Crippen molar-refractivity contribution < 1.29 is 34.1 Å². The van der Waals surface area contributed by atoms with Gasteiger partial charge in [-0.2, -0.15) is 0 Å². The summed E-state index contributed by atoms with van der Waals surface area (Å²) < 4.78 is 0. The molecule has 8 rings (SSSR count). The summed E-state index contributed by atoms with van der Waals surface area (Å²) in [5.41, 5.74) is 0. The van der Waals surface area contributed by atoms with Crippen LogP contribution in [0.4, 0.5) is 0 Å². The van der Waals surface area contributed by atoms with Crippen molar-refractivity contribution in [3.63, 3.8) is 0 Å². The minimum absolute atomic E-state index is 0. The Balaban J connectivity index is 0.000000210. The molecule has 0 aliphatic carbocycles. The average molecular weight is 874 g/mol. The van der Waals surface area contributed by atoms with Gasteiger partial charge >= 0.3 is 34.1 Å². The predicted octanol–water partition coefficient (Wildman–Crippen LogP) is 7.65. The second kappa shape index (κ2) is 25.8. The standard InChI is InChI=1S/2C18H15P.2C4H4N2S.2Cu/c2*1-4-10-16(11-5-1)19(17-12-6-2-7-13-17)18-14-8-3-9-15-18;2*7-4-5-2-1-3-6-4;;/h2*1-15H;2*1-3H,(H,5,6,7);;/q;;;;2*+1/p-2. The van der Waals surface area contributed by atoms with Crippen molar-refractivity contribution in [3.05, 3.63) is 219 Å². The first-order chi connectivity index (χ1) is 25.7. The van der Waals surface area contributed by atoms with Gasteiger partial charge in [-0.05, 0) is 59.8 Å². The van der Waals surface area contributed by atoms with Crippen LogP contribution in [0.1, 0.15) is 0 Å². The van der Waals surface area contributed by atoms with Crippen LogP contribution in [0.5, 0.6) is 0 Å². The van der Waals surface area contributed by atoms with Crippen LogP contribution in [0.2, 0.25) is 0 Å². The molecule has 0 atom stereocenters. The maximum absolute atomic E-state index is 4.59. The summed E-state index contributed by atoms with van der Waals surface area (Å²) in [5.74, 6) is 0. The van der Waals surface area contributed by atoms with Crippen molar-refractivity contribution >= 4 is 72.9 Å². The van der Waals surface area contributed by atoms with Gasteiger partial charge in [0.15, 0.2) is 0 Å². The smallest absolute Gasteiger partial charge is 0.740 e. The molecule has 4 nitrogen and oxygen atoms in total. The molecule has 0 saturated carbocycles. The average Bonchev–Trinajstić information content (AvgIpc) is 3.22. The van der Waals surface area contributed by atoms with Gasteiger partial charge in [-0.15, -0.1) is 0 Å². The summed E-state index contributed by atoms with van der Waals surface area (Å²) in [6.07, 6.45) is 6.48. The monoisotopic (exact) mass is 872 g/mol.